The van der Waals surface area contributed by atoms with Gasteiger partial charge in [0.25, 0.3) is 0 Å². The van der Waals surface area contributed by atoms with Gasteiger partial charge < -0.3 is 14.8 Å². The average Bonchev–Trinajstić information content (AvgIpc) is 2.88. The summed E-state index contributed by atoms with van der Waals surface area (Å²) in [5.74, 6) is -0.621. The van der Waals surface area contributed by atoms with Gasteiger partial charge in [0.15, 0.2) is 5.05 Å². The summed E-state index contributed by atoms with van der Waals surface area (Å²) in [5, 5.41) is 3.54. The lowest BCUT2D eigenvalue weighted by Crippen LogP contribution is -2.42. The summed E-state index contributed by atoms with van der Waals surface area (Å²) in [5.41, 5.74) is 3.22. The maximum atomic E-state index is 11.7. The van der Waals surface area contributed by atoms with Gasteiger partial charge in [0, 0.05) is 6.42 Å². The molecule has 2 unspecified atom stereocenters. The molecule has 124 valence electrons. The Labute approximate surface area is 147 Å². The van der Waals surface area contributed by atoms with Crippen LogP contribution in [0, 0.1) is 13.8 Å². The Morgan fingerprint density at radius 3 is 2.57 bits per heavy atom. The molecule has 1 aliphatic heterocycles. The molecule has 1 fully saturated rings. The molecule has 0 aliphatic carbocycles. The summed E-state index contributed by atoms with van der Waals surface area (Å²) in [6, 6.07) is 5.64. The van der Waals surface area contributed by atoms with Crippen LogP contribution in [-0.4, -0.2) is 35.3 Å². The lowest BCUT2D eigenvalue weighted by molar-refractivity contribution is -0.139. The quantitative estimate of drug-likeness (QED) is 0.650. The van der Waals surface area contributed by atoms with Gasteiger partial charge in [0.05, 0.1) is 18.2 Å². The van der Waals surface area contributed by atoms with Crippen molar-refractivity contribution in [3.05, 3.63) is 34.9 Å². The number of carbonyl (C=O) groups is 1. The van der Waals surface area contributed by atoms with E-state index in [1.54, 1.807) is 0 Å². The highest BCUT2D eigenvalue weighted by Gasteiger charge is 2.32. The van der Waals surface area contributed by atoms with Gasteiger partial charge >= 0.3 is 5.97 Å². The molecule has 1 N–H and O–H groups in total. The number of cyclic esters (lactones) is 1. The molecule has 23 heavy (non-hydrogen) atoms. The SMILES string of the molecule is CCOC(=S)C(C(=S)NC1CCOC1=O)c1c(C)cccc1C. The molecule has 6 heteroatoms. The predicted octanol–water partition coefficient (Wildman–Crippen LogP) is 2.98. The predicted molar refractivity (Wildman–Crippen MR) is 98.0 cm³/mol. The fraction of sp³-hybridized carbons (Fsp3) is 0.471. The molecule has 1 aromatic carbocycles. The Kier molecular flexibility index (Phi) is 6.07. The normalized spacial score (nSPS) is 18.2. The first-order valence-corrected chi connectivity index (χ1v) is 8.47. The number of hydrogen-bond donors (Lipinski definition) is 1. The lowest BCUT2D eigenvalue weighted by atomic mass is 9.90. The van der Waals surface area contributed by atoms with E-state index in [0.717, 1.165) is 16.7 Å². The number of ether oxygens (including phenoxy) is 2. The second-order valence-corrected chi connectivity index (χ2v) is 6.35. The van der Waals surface area contributed by atoms with E-state index < -0.39 is 6.04 Å². The Hall–Kier alpha value is -1.53. The highest BCUT2D eigenvalue weighted by atomic mass is 32.1. The van der Waals surface area contributed by atoms with Crippen molar-refractivity contribution in [2.45, 2.75) is 39.2 Å². The van der Waals surface area contributed by atoms with Crippen LogP contribution in [0.15, 0.2) is 18.2 Å². The summed E-state index contributed by atoms with van der Waals surface area (Å²) in [7, 11) is 0. The minimum atomic E-state index is -0.404. The van der Waals surface area contributed by atoms with E-state index in [4.69, 9.17) is 33.9 Å². The summed E-state index contributed by atoms with van der Waals surface area (Å²) in [6.45, 7) is 6.84. The molecule has 0 spiro atoms. The van der Waals surface area contributed by atoms with E-state index in [0.29, 0.717) is 29.7 Å². The summed E-state index contributed by atoms with van der Waals surface area (Å²) in [6.07, 6.45) is 0.611. The average molecular weight is 351 g/mol. The number of esters is 1. The Morgan fingerprint density at radius 2 is 2.04 bits per heavy atom. The molecular weight excluding hydrogens is 330 g/mol. The first-order valence-electron chi connectivity index (χ1n) is 7.65. The van der Waals surface area contributed by atoms with Crippen LogP contribution in [0.2, 0.25) is 0 Å². The van der Waals surface area contributed by atoms with Gasteiger partial charge in [0.2, 0.25) is 0 Å². The molecule has 4 nitrogen and oxygen atoms in total. The van der Waals surface area contributed by atoms with Crippen molar-refractivity contribution >= 4 is 40.4 Å². The third-order valence-electron chi connectivity index (χ3n) is 3.87. The first-order chi connectivity index (χ1) is 11.0. The number of hydrogen-bond acceptors (Lipinski definition) is 5. The minimum Gasteiger partial charge on any atom is -0.486 e. The molecule has 0 radical (unpaired) electrons. The molecule has 0 bridgehead atoms. The number of aryl methyl sites for hydroxylation is 2. The maximum Gasteiger partial charge on any atom is 0.328 e. The molecule has 1 heterocycles. The molecule has 1 saturated heterocycles. The fourth-order valence-corrected chi connectivity index (χ4v) is 3.54. The van der Waals surface area contributed by atoms with Crippen molar-refractivity contribution < 1.29 is 14.3 Å². The van der Waals surface area contributed by atoms with Crippen molar-refractivity contribution in [3.8, 4) is 0 Å². The van der Waals surface area contributed by atoms with Gasteiger partial charge in [-0.1, -0.05) is 30.4 Å². The van der Waals surface area contributed by atoms with Gasteiger partial charge in [0.1, 0.15) is 12.0 Å². The number of benzene rings is 1. The van der Waals surface area contributed by atoms with Crippen LogP contribution in [-0.2, 0) is 14.3 Å². The molecule has 0 saturated carbocycles. The molecule has 1 aromatic rings. The third kappa shape index (κ3) is 4.06. The van der Waals surface area contributed by atoms with Crippen LogP contribution in [0.4, 0.5) is 0 Å². The van der Waals surface area contributed by atoms with E-state index in [9.17, 15) is 4.79 Å². The summed E-state index contributed by atoms with van der Waals surface area (Å²) >= 11 is 11.0. The molecule has 1 aliphatic rings. The van der Waals surface area contributed by atoms with Crippen molar-refractivity contribution in [1.29, 1.82) is 0 Å². The van der Waals surface area contributed by atoms with E-state index in [1.165, 1.54) is 0 Å². The number of rotatable bonds is 5. The van der Waals surface area contributed by atoms with E-state index in [-0.39, 0.29) is 11.9 Å². The van der Waals surface area contributed by atoms with Crippen LogP contribution < -0.4 is 5.32 Å². The van der Waals surface area contributed by atoms with Crippen molar-refractivity contribution in [1.82, 2.24) is 5.32 Å². The zero-order valence-electron chi connectivity index (χ0n) is 13.5. The minimum absolute atomic E-state index is 0.269. The number of nitrogens with one attached hydrogen (secondary N) is 1. The first kappa shape index (κ1) is 17.8. The van der Waals surface area contributed by atoms with Gasteiger partial charge in [-0.05, 0) is 49.7 Å². The van der Waals surface area contributed by atoms with Crippen LogP contribution in [0.25, 0.3) is 0 Å². The Balaban J connectivity index is 2.32. The van der Waals surface area contributed by atoms with Crippen molar-refractivity contribution in [3.63, 3.8) is 0 Å². The second kappa shape index (κ2) is 7.84. The van der Waals surface area contributed by atoms with E-state index >= 15 is 0 Å². The molecule has 2 rings (SSSR count). The highest BCUT2D eigenvalue weighted by molar-refractivity contribution is 7.82. The van der Waals surface area contributed by atoms with Crippen molar-refractivity contribution in [2.75, 3.05) is 13.2 Å². The third-order valence-corrected chi connectivity index (χ3v) is 4.57. The zero-order chi connectivity index (χ0) is 17.0. The largest absolute Gasteiger partial charge is 0.486 e. The smallest absolute Gasteiger partial charge is 0.328 e. The van der Waals surface area contributed by atoms with Crippen LogP contribution in [0.3, 0.4) is 0 Å². The number of thiocarbonyl (C=S) groups is 2. The van der Waals surface area contributed by atoms with Gasteiger partial charge in [-0.2, -0.15) is 0 Å². The summed E-state index contributed by atoms with van der Waals surface area (Å²) < 4.78 is 10.6. The van der Waals surface area contributed by atoms with Crippen LogP contribution in [0.5, 0.6) is 0 Å². The van der Waals surface area contributed by atoms with Crippen LogP contribution in [0.1, 0.15) is 36.0 Å². The highest BCUT2D eigenvalue weighted by Crippen LogP contribution is 2.27. The molecule has 0 aromatic heterocycles. The van der Waals surface area contributed by atoms with Gasteiger partial charge in [-0.25, -0.2) is 4.79 Å². The topological polar surface area (TPSA) is 47.6 Å². The molecule has 2 atom stereocenters. The Morgan fingerprint density at radius 1 is 1.39 bits per heavy atom. The van der Waals surface area contributed by atoms with Crippen LogP contribution >= 0.6 is 24.4 Å². The molecule has 0 amide bonds. The van der Waals surface area contributed by atoms with Crippen molar-refractivity contribution in [2.24, 2.45) is 0 Å². The lowest BCUT2D eigenvalue weighted by Gasteiger charge is -2.25. The summed E-state index contributed by atoms with van der Waals surface area (Å²) in [4.78, 5) is 12.2. The molecular formula is C17H21NO3S2. The number of carbonyl (C=O) groups excluding carboxylic acids is 1. The van der Waals surface area contributed by atoms with E-state index in [2.05, 4.69) is 5.32 Å². The standard InChI is InChI=1S/C17H21NO3S2/c1-4-20-17(23)14(13-10(2)6-5-7-11(13)3)15(22)18-12-8-9-21-16(12)19/h5-7,12,14H,4,8-9H2,1-3H3,(H,18,22). The van der Waals surface area contributed by atoms with Gasteiger partial charge in [-0.15, -0.1) is 0 Å². The zero-order valence-corrected chi connectivity index (χ0v) is 15.2. The fourth-order valence-electron chi connectivity index (χ4n) is 2.75. The monoisotopic (exact) mass is 351 g/mol. The van der Waals surface area contributed by atoms with E-state index in [1.807, 2.05) is 39.0 Å². The second-order valence-electron chi connectivity index (χ2n) is 5.51. The Bertz CT molecular complexity index is 610. The van der Waals surface area contributed by atoms with Gasteiger partial charge in [-0.3, -0.25) is 0 Å². The maximum absolute atomic E-state index is 11.7.